The average Bonchev–Trinajstić information content (AvgIpc) is 2.89. The molecule has 2 aliphatic rings. The van der Waals surface area contributed by atoms with Crippen molar-refractivity contribution in [2.45, 2.75) is 25.0 Å². The van der Waals surface area contributed by atoms with E-state index in [-0.39, 0.29) is 12.1 Å². The lowest BCUT2D eigenvalue weighted by molar-refractivity contribution is -0.156. The van der Waals surface area contributed by atoms with Crippen LogP contribution in [-0.2, 0) is 24.6 Å². The third kappa shape index (κ3) is 3.69. The quantitative estimate of drug-likeness (QED) is 0.480. The van der Waals surface area contributed by atoms with E-state index in [1.54, 1.807) is 12.1 Å². The van der Waals surface area contributed by atoms with Gasteiger partial charge in [-0.25, -0.2) is 9.59 Å². The Hall–Kier alpha value is -4.12. The minimum atomic E-state index is -0.989. The molecule has 5 rings (SSSR count). The zero-order valence-corrected chi connectivity index (χ0v) is 19.0. The summed E-state index contributed by atoms with van der Waals surface area (Å²) in [5, 5.41) is 0. The molecular formula is C29H24O5. The van der Waals surface area contributed by atoms with Crippen molar-refractivity contribution in [2.24, 2.45) is 0 Å². The van der Waals surface area contributed by atoms with Crippen LogP contribution >= 0.6 is 0 Å². The summed E-state index contributed by atoms with van der Waals surface area (Å²) in [5.41, 5.74) is 3.46. The van der Waals surface area contributed by atoms with Crippen LogP contribution in [0.15, 0.2) is 108 Å². The first-order chi connectivity index (χ1) is 16.5. The van der Waals surface area contributed by atoms with Crippen molar-refractivity contribution < 1.29 is 23.8 Å². The van der Waals surface area contributed by atoms with E-state index >= 15 is 0 Å². The molecular weight excluding hydrogens is 428 g/mol. The van der Waals surface area contributed by atoms with Gasteiger partial charge in [0.2, 0.25) is 0 Å². The van der Waals surface area contributed by atoms with Crippen molar-refractivity contribution >= 4 is 11.9 Å². The first-order valence-electron chi connectivity index (χ1n) is 11.1. The predicted octanol–water partition coefficient (Wildman–Crippen LogP) is 5.64. The maximum Gasteiger partial charge on any atom is 0.342 e. The second-order valence-electron chi connectivity index (χ2n) is 8.46. The number of benzene rings is 3. The van der Waals surface area contributed by atoms with Crippen molar-refractivity contribution in [3.63, 3.8) is 0 Å². The molecule has 2 heterocycles. The first kappa shape index (κ1) is 21.7. The summed E-state index contributed by atoms with van der Waals surface area (Å²) < 4.78 is 17.5. The van der Waals surface area contributed by atoms with Gasteiger partial charge >= 0.3 is 11.9 Å². The van der Waals surface area contributed by atoms with Gasteiger partial charge in [0.1, 0.15) is 11.9 Å². The van der Waals surface area contributed by atoms with Crippen molar-refractivity contribution in [3.8, 4) is 0 Å². The van der Waals surface area contributed by atoms with Crippen LogP contribution in [0.1, 0.15) is 46.5 Å². The van der Waals surface area contributed by atoms with Gasteiger partial charge in [-0.15, -0.1) is 0 Å². The predicted molar refractivity (Wildman–Crippen MR) is 127 cm³/mol. The van der Waals surface area contributed by atoms with Crippen LogP contribution in [0, 0.1) is 0 Å². The number of cyclic esters (lactones) is 1. The molecule has 0 radical (unpaired) electrons. The van der Waals surface area contributed by atoms with E-state index in [2.05, 4.69) is 0 Å². The maximum atomic E-state index is 13.3. The van der Waals surface area contributed by atoms with E-state index < -0.39 is 11.6 Å². The first-order valence-corrected chi connectivity index (χ1v) is 11.1. The molecule has 34 heavy (non-hydrogen) atoms. The number of hydrogen-bond donors (Lipinski definition) is 0. The summed E-state index contributed by atoms with van der Waals surface area (Å²) >= 11 is 0. The van der Waals surface area contributed by atoms with Gasteiger partial charge in [-0.1, -0.05) is 72.8 Å². The van der Waals surface area contributed by atoms with Crippen molar-refractivity contribution in [1.82, 2.24) is 0 Å². The lowest BCUT2D eigenvalue weighted by Crippen LogP contribution is -2.40. The van der Waals surface area contributed by atoms with E-state index in [4.69, 9.17) is 14.2 Å². The lowest BCUT2D eigenvalue weighted by Gasteiger charge is -2.41. The normalized spacial score (nSPS) is 18.8. The Bertz CT molecular complexity index is 1250. The molecule has 0 aliphatic carbocycles. The molecule has 0 amide bonds. The van der Waals surface area contributed by atoms with Crippen LogP contribution in [-0.4, -0.2) is 19.0 Å². The Kier molecular flexibility index (Phi) is 5.54. The van der Waals surface area contributed by atoms with Crippen LogP contribution < -0.4 is 0 Å². The third-order valence-electron chi connectivity index (χ3n) is 6.36. The summed E-state index contributed by atoms with van der Waals surface area (Å²) in [7, 11) is 1.36. The fourth-order valence-electron chi connectivity index (χ4n) is 4.61. The zero-order chi connectivity index (χ0) is 23.7. The van der Waals surface area contributed by atoms with Crippen LogP contribution in [0.4, 0.5) is 0 Å². The molecule has 0 saturated heterocycles. The number of rotatable bonds is 4. The molecule has 0 bridgehead atoms. The largest absolute Gasteiger partial charge is 0.485 e. The molecule has 2 aliphatic heterocycles. The fraction of sp³-hybridized carbons (Fsp3) is 0.172. The van der Waals surface area contributed by atoms with Crippen LogP contribution in [0.5, 0.6) is 0 Å². The average molecular weight is 453 g/mol. The van der Waals surface area contributed by atoms with Gasteiger partial charge in [0, 0.05) is 11.1 Å². The number of hydrogen-bond acceptors (Lipinski definition) is 5. The van der Waals surface area contributed by atoms with Gasteiger partial charge < -0.3 is 14.2 Å². The van der Waals surface area contributed by atoms with E-state index in [0.717, 1.165) is 22.3 Å². The minimum Gasteiger partial charge on any atom is -0.485 e. The van der Waals surface area contributed by atoms with E-state index in [9.17, 15) is 9.59 Å². The molecule has 0 aromatic heterocycles. The van der Waals surface area contributed by atoms with Crippen LogP contribution in [0.2, 0.25) is 0 Å². The molecule has 0 fully saturated rings. The second-order valence-corrected chi connectivity index (χ2v) is 8.46. The van der Waals surface area contributed by atoms with E-state index in [1.807, 2.05) is 85.8 Å². The number of methoxy groups -OCH3 is 1. The Morgan fingerprint density at radius 2 is 1.50 bits per heavy atom. The Labute approximate surface area is 198 Å². The summed E-state index contributed by atoms with van der Waals surface area (Å²) in [6.07, 6.45) is 1.85. The van der Waals surface area contributed by atoms with Gasteiger partial charge in [0.15, 0.2) is 5.60 Å². The Morgan fingerprint density at radius 3 is 2.06 bits per heavy atom. The van der Waals surface area contributed by atoms with Crippen LogP contribution in [0.25, 0.3) is 0 Å². The molecule has 5 nitrogen and oxygen atoms in total. The molecule has 1 unspecified atom stereocenters. The van der Waals surface area contributed by atoms with Crippen molar-refractivity contribution in [2.75, 3.05) is 7.11 Å². The standard InChI is InChI=1S/C29H24O5/c1-19-17-24-25(33-26(19)20-13-15-21(16-14-20)27(30)32-2)18-29(34-28(24)31,22-9-5-3-6-10-22)23-11-7-4-8-12-23/h3-17,26H,18H2,1-2H3. The lowest BCUT2D eigenvalue weighted by atomic mass is 9.79. The number of esters is 2. The summed E-state index contributed by atoms with van der Waals surface area (Å²) in [6.45, 7) is 1.92. The molecule has 3 aromatic rings. The fourth-order valence-corrected chi connectivity index (χ4v) is 4.61. The molecule has 0 spiro atoms. The van der Waals surface area contributed by atoms with E-state index in [0.29, 0.717) is 23.3 Å². The van der Waals surface area contributed by atoms with Crippen LogP contribution in [0.3, 0.4) is 0 Å². The number of carbonyl (C=O) groups excluding carboxylic acids is 2. The molecule has 3 aromatic carbocycles. The van der Waals surface area contributed by atoms with E-state index in [1.165, 1.54) is 7.11 Å². The minimum absolute atomic E-state index is 0.374. The highest BCUT2D eigenvalue weighted by Gasteiger charge is 2.46. The van der Waals surface area contributed by atoms with Gasteiger partial charge in [0.25, 0.3) is 0 Å². The molecule has 5 heteroatoms. The maximum absolute atomic E-state index is 13.3. The van der Waals surface area contributed by atoms with Gasteiger partial charge in [-0.2, -0.15) is 0 Å². The topological polar surface area (TPSA) is 61.8 Å². The molecule has 0 saturated carbocycles. The van der Waals surface area contributed by atoms with Crippen molar-refractivity contribution in [1.29, 1.82) is 0 Å². The van der Waals surface area contributed by atoms with Gasteiger partial charge in [-0.3, -0.25) is 0 Å². The molecule has 0 N–H and O–H groups in total. The number of ether oxygens (including phenoxy) is 3. The smallest absolute Gasteiger partial charge is 0.342 e. The van der Waals surface area contributed by atoms with Gasteiger partial charge in [-0.05, 0) is 36.3 Å². The summed E-state index contributed by atoms with van der Waals surface area (Å²) in [4.78, 5) is 25.1. The highest BCUT2D eigenvalue weighted by Crippen LogP contribution is 2.48. The zero-order valence-electron chi connectivity index (χ0n) is 19.0. The second kappa shape index (κ2) is 8.67. The molecule has 170 valence electrons. The van der Waals surface area contributed by atoms with Gasteiger partial charge in [0.05, 0.1) is 24.7 Å². The molecule has 1 atom stereocenters. The highest BCUT2D eigenvalue weighted by molar-refractivity contribution is 5.94. The monoisotopic (exact) mass is 452 g/mol. The van der Waals surface area contributed by atoms with Crippen molar-refractivity contribution in [3.05, 3.63) is 130 Å². The Balaban J connectivity index is 1.54. The highest BCUT2D eigenvalue weighted by atomic mass is 16.6. The SMILES string of the molecule is COC(=O)c1ccc(C2OC3=C(C=C2C)C(=O)OC(c2ccccc2)(c2ccccc2)C3)cc1. The summed E-state index contributed by atoms with van der Waals surface area (Å²) in [6, 6.07) is 26.7. The Morgan fingerprint density at radius 1 is 0.912 bits per heavy atom. The third-order valence-corrected chi connectivity index (χ3v) is 6.36. The number of carbonyl (C=O) groups is 2. The summed E-state index contributed by atoms with van der Waals surface area (Å²) in [5.74, 6) is -0.205.